The van der Waals surface area contributed by atoms with Crippen molar-refractivity contribution in [3.8, 4) is 0 Å². The van der Waals surface area contributed by atoms with E-state index in [1.54, 1.807) is 13.8 Å². The summed E-state index contributed by atoms with van der Waals surface area (Å²) in [5.41, 5.74) is 0.881. The van der Waals surface area contributed by atoms with Crippen LogP contribution in [0.2, 0.25) is 0 Å². The first kappa shape index (κ1) is 29.0. The van der Waals surface area contributed by atoms with E-state index in [1.165, 1.54) is 28.7 Å². The number of carbonyl (C=O) groups excluding carboxylic acids is 2. The van der Waals surface area contributed by atoms with Gasteiger partial charge in [-0.05, 0) is 93.0 Å². The van der Waals surface area contributed by atoms with E-state index in [9.17, 15) is 22.8 Å². The van der Waals surface area contributed by atoms with Crippen LogP contribution < -0.4 is 5.32 Å². The number of halogens is 4. The number of likely N-dealkylation sites (tertiary alicyclic amines) is 2. The summed E-state index contributed by atoms with van der Waals surface area (Å²) in [5.74, 6) is -2.05. The SMILES string of the molecule is CC1(C)CC[C@@H](c2ccc(F)c(F)c2)N(C(=O)NCCCN2CCC(c3ccc(F)cc3)CC2)C1=O.Cl. The second-order valence-corrected chi connectivity index (χ2v) is 10.5. The summed E-state index contributed by atoms with van der Waals surface area (Å²) in [7, 11) is 0. The molecule has 2 aromatic rings. The zero-order valence-electron chi connectivity index (χ0n) is 21.3. The molecular formula is C28H35ClF3N3O2. The molecule has 2 heterocycles. The highest BCUT2D eigenvalue weighted by molar-refractivity contribution is 5.98. The van der Waals surface area contributed by atoms with Crippen LogP contribution in [-0.4, -0.2) is 47.9 Å². The van der Waals surface area contributed by atoms with Crippen LogP contribution >= 0.6 is 12.4 Å². The highest BCUT2D eigenvalue weighted by atomic mass is 35.5. The number of carbonyl (C=O) groups is 2. The molecule has 2 saturated heterocycles. The van der Waals surface area contributed by atoms with Gasteiger partial charge in [0.15, 0.2) is 11.6 Å². The summed E-state index contributed by atoms with van der Waals surface area (Å²) in [4.78, 5) is 29.8. The van der Waals surface area contributed by atoms with Gasteiger partial charge in [-0.2, -0.15) is 0 Å². The van der Waals surface area contributed by atoms with Crippen molar-refractivity contribution in [1.29, 1.82) is 0 Å². The fourth-order valence-electron chi connectivity index (χ4n) is 5.28. The van der Waals surface area contributed by atoms with Crippen LogP contribution in [0.5, 0.6) is 0 Å². The molecule has 2 aliphatic rings. The Morgan fingerprint density at radius 3 is 2.27 bits per heavy atom. The summed E-state index contributed by atoms with van der Waals surface area (Å²) in [5, 5.41) is 2.86. The van der Waals surface area contributed by atoms with Crippen LogP contribution in [0, 0.1) is 22.9 Å². The van der Waals surface area contributed by atoms with Crippen molar-refractivity contribution in [2.45, 2.75) is 57.9 Å². The van der Waals surface area contributed by atoms with E-state index >= 15 is 0 Å². The second-order valence-electron chi connectivity index (χ2n) is 10.5. The minimum Gasteiger partial charge on any atom is -0.338 e. The molecule has 9 heteroatoms. The lowest BCUT2D eigenvalue weighted by molar-refractivity contribution is -0.143. The Hall–Kier alpha value is -2.58. The topological polar surface area (TPSA) is 52.7 Å². The lowest BCUT2D eigenvalue weighted by atomic mass is 9.79. The predicted molar refractivity (Wildman–Crippen MR) is 139 cm³/mol. The molecule has 0 aromatic heterocycles. The van der Waals surface area contributed by atoms with Gasteiger partial charge in [0.25, 0.3) is 0 Å². The fourth-order valence-corrected chi connectivity index (χ4v) is 5.28. The van der Waals surface area contributed by atoms with Crippen molar-refractivity contribution in [3.05, 3.63) is 71.0 Å². The van der Waals surface area contributed by atoms with Crippen LogP contribution in [0.25, 0.3) is 0 Å². The molecule has 5 nitrogen and oxygen atoms in total. The van der Waals surface area contributed by atoms with Gasteiger partial charge < -0.3 is 10.2 Å². The minimum atomic E-state index is -0.992. The Morgan fingerprint density at radius 1 is 0.973 bits per heavy atom. The van der Waals surface area contributed by atoms with Crippen LogP contribution in [0.4, 0.5) is 18.0 Å². The molecule has 2 aliphatic heterocycles. The number of benzene rings is 2. The maximum absolute atomic E-state index is 13.9. The summed E-state index contributed by atoms with van der Waals surface area (Å²) in [6, 6.07) is 9.15. The van der Waals surface area contributed by atoms with Crippen molar-refractivity contribution >= 4 is 24.3 Å². The molecule has 1 atom stereocenters. The molecule has 3 amide bonds. The van der Waals surface area contributed by atoms with E-state index in [1.807, 2.05) is 12.1 Å². The Morgan fingerprint density at radius 2 is 1.62 bits per heavy atom. The third-order valence-corrected chi connectivity index (χ3v) is 7.56. The van der Waals surface area contributed by atoms with Gasteiger partial charge in [0, 0.05) is 12.0 Å². The number of rotatable bonds is 6. The van der Waals surface area contributed by atoms with Gasteiger partial charge in [0.1, 0.15) is 5.82 Å². The summed E-state index contributed by atoms with van der Waals surface area (Å²) >= 11 is 0. The maximum atomic E-state index is 13.9. The lowest BCUT2D eigenvalue weighted by Gasteiger charge is -2.41. The smallest absolute Gasteiger partial charge is 0.324 e. The number of piperidine rings is 2. The number of imide groups is 1. The Balaban J connectivity index is 0.00000380. The fraction of sp³-hybridized carbons (Fsp3) is 0.500. The zero-order chi connectivity index (χ0) is 25.9. The first-order chi connectivity index (χ1) is 17.2. The van der Waals surface area contributed by atoms with Crippen LogP contribution in [0.1, 0.15) is 69.0 Å². The highest BCUT2D eigenvalue weighted by Crippen LogP contribution is 2.40. The third-order valence-electron chi connectivity index (χ3n) is 7.56. The largest absolute Gasteiger partial charge is 0.338 e. The van der Waals surface area contributed by atoms with Gasteiger partial charge in [-0.1, -0.05) is 32.0 Å². The summed E-state index contributed by atoms with van der Waals surface area (Å²) in [6.45, 7) is 6.70. The molecule has 0 saturated carbocycles. The Bertz CT molecular complexity index is 1090. The van der Waals surface area contributed by atoms with Crippen molar-refractivity contribution in [2.24, 2.45) is 5.41 Å². The quantitative estimate of drug-likeness (QED) is 0.447. The van der Waals surface area contributed by atoms with Crippen LogP contribution in [0.3, 0.4) is 0 Å². The van der Waals surface area contributed by atoms with Crippen LogP contribution in [0.15, 0.2) is 42.5 Å². The summed E-state index contributed by atoms with van der Waals surface area (Å²) < 4.78 is 40.5. The number of nitrogens with zero attached hydrogens (tertiary/aromatic N) is 2. The first-order valence-corrected chi connectivity index (χ1v) is 12.7. The van der Waals surface area contributed by atoms with Gasteiger partial charge in [0.05, 0.1) is 6.04 Å². The van der Waals surface area contributed by atoms with Gasteiger partial charge in [0.2, 0.25) is 5.91 Å². The predicted octanol–water partition coefficient (Wildman–Crippen LogP) is 6.19. The molecule has 4 rings (SSSR count). The van der Waals surface area contributed by atoms with Crippen molar-refractivity contribution in [3.63, 3.8) is 0 Å². The molecule has 0 bridgehead atoms. The van der Waals surface area contributed by atoms with Gasteiger partial charge in [-0.25, -0.2) is 18.0 Å². The molecule has 0 radical (unpaired) electrons. The van der Waals surface area contributed by atoms with Crippen molar-refractivity contribution < 1.29 is 22.8 Å². The van der Waals surface area contributed by atoms with Crippen LogP contribution in [-0.2, 0) is 4.79 Å². The van der Waals surface area contributed by atoms with E-state index in [2.05, 4.69) is 10.2 Å². The Labute approximate surface area is 222 Å². The molecule has 0 aliphatic carbocycles. The summed E-state index contributed by atoms with van der Waals surface area (Å²) in [6.07, 6.45) is 3.78. The zero-order valence-corrected chi connectivity index (χ0v) is 22.1. The molecule has 0 spiro atoms. The molecule has 37 heavy (non-hydrogen) atoms. The van der Waals surface area contributed by atoms with Gasteiger partial charge >= 0.3 is 6.03 Å². The monoisotopic (exact) mass is 537 g/mol. The maximum Gasteiger partial charge on any atom is 0.324 e. The first-order valence-electron chi connectivity index (χ1n) is 12.7. The minimum absolute atomic E-state index is 0. The lowest BCUT2D eigenvalue weighted by Crippen LogP contribution is -2.54. The highest BCUT2D eigenvalue weighted by Gasteiger charge is 2.44. The second kappa shape index (κ2) is 12.3. The molecule has 2 aromatic carbocycles. The van der Waals surface area contributed by atoms with Gasteiger partial charge in [-0.15, -0.1) is 12.4 Å². The van der Waals surface area contributed by atoms with Crippen molar-refractivity contribution in [1.82, 2.24) is 15.1 Å². The molecule has 202 valence electrons. The molecule has 0 unspecified atom stereocenters. The normalized spacial score (nSPS) is 20.4. The number of hydrogen-bond acceptors (Lipinski definition) is 3. The number of hydrogen-bond donors (Lipinski definition) is 1. The molecular weight excluding hydrogens is 503 g/mol. The van der Waals surface area contributed by atoms with Crippen molar-refractivity contribution in [2.75, 3.05) is 26.2 Å². The van der Waals surface area contributed by atoms with E-state index in [-0.39, 0.29) is 24.1 Å². The number of amides is 3. The van der Waals surface area contributed by atoms with E-state index in [4.69, 9.17) is 0 Å². The number of urea groups is 1. The average molecular weight is 538 g/mol. The third kappa shape index (κ3) is 6.85. The van der Waals surface area contributed by atoms with E-state index < -0.39 is 29.1 Å². The van der Waals surface area contributed by atoms with E-state index in [0.717, 1.165) is 51.0 Å². The molecule has 1 N–H and O–H groups in total. The number of nitrogens with one attached hydrogen (secondary N) is 1. The standard InChI is InChI=1S/C28H34F3N3O2.ClH/c1-28(2)13-10-25(21-6-9-23(30)24(31)18-21)34(26(28)35)27(36)32-14-3-15-33-16-11-20(12-17-33)19-4-7-22(29)8-5-19;/h4-9,18,20,25H,3,10-17H2,1-2H3,(H,32,36);1H/t25-;/m0./s1. The molecule has 2 fully saturated rings. The van der Waals surface area contributed by atoms with Gasteiger partial charge in [-0.3, -0.25) is 9.69 Å². The Kier molecular flexibility index (Phi) is 9.64. The van der Waals surface area contributed by atoms with E-state index in [0.29, 0.717) is 30.9 Å². The average Bonchev–Trinajstić information content (AvgIpc) is 2.86.